The summed E-state index contributed by atoms with van der Waals surface area (Å²) in [7, 11) is 0. The van der Waals surface area contributed by atoms with Gasteiger partial charge in [0.1, 0.15) is 5.69 Å². The third-order valence-corrected chi connectivity index (χ3v) is 2.83. The van der Waals surface area contributed by atoms with E-state index in [2.05, 4.69) is 11.9 Å². The lowest BCUT2D eigenvalue weighted by atomic mass is 10.00. The second-order valence-electron chi connectivity index (χ2n) is 4.21. The number of likely N-dealkylation sites (tertiary alicyclic amines) is 1. The van der Waals surface area contributed by atoms with Crippen LogP contribution in [0, 0.1) is 5.92 Å². The number of piperidine rings is 1. The number of hydrogen-bond acceptors (Lipinski definition) is 2. The average molecular weight is 204 g/mol. The molecule has 1 saturated heterocycles. The summed E-state index contributed by atoms with van der Waals surface area (Å²) in [4.78, 5) is 18.0. The number of carbonyl (C=O) groups excluding carboxylic acids is 1. The van der Waals surface area contributed by atoms with E-state index < -0.39 is 0 Å². The minimum atomic E-state index is 0.0714. The summed E-state index contributed by atoms with van der Waals surface area (Å²) in [5.41, 5.74) is 0.562. The minimum Gasteiger partial charge on any atom is -0.337 e. The third-order valence-electron chi connectivity index (χ3n) is 2.83. The zero-order valence-corrected chi connectivity index (χ0v) is 9.02. The molecule has 1 aromatic rings. The molecule has 1 aromatic heterocycles. The van der Waals surface area contributed by atoms with Crippen molar-refractivity contribution < 1.29 is 4.79 Å². The highest BCUT2D eigenvalue weighted by atomic mass is 16.2. The summed E-state index contributed by atoms with van der Waals surface area (Å²) in [6.07, 6.45) is 4.01. The van der Waals surface area contributed by atoms with Gasteiger partial charge in [-0.15, -0.1) is 0 Å². The fourth-order valence-corrected chi connectivity index (χ4v) is 2.03. The monoisotopic (exact) mass is 204 g/mol. The SMILES string of the molecule is CC1CCCN(C(=O)c2ccccn2)C1. The number of hydrogen-bond donors (Lipinski definition) is 0. The maximum Gasteiger partial charge on any atom is 0.272 e. The molecule has 1 amide bonds. The Labute approximate surface area is 90.1 Å². The van der Waals surface area contributed by atoms with Gasteiger partial charge < -0.3 is 4.90 Å². The van der Waals surface area contributed by atoms with Gasteiger partial charge >= 0.3 is 0 Å². The second kappa shape index (κ2) is 4.43. The Kier molecular flexibility index (Phi) is 2.99. The highest BCUT2D eigenvalue weighted by Gasteiger charge is 2.22. The van der Waals surface area contributed by atoms with Gasteiger partial charge in [0, 0.05) is 19.3 Å². The molecule has 3 nitrogen and oxygen atoms in total. The highest BCUT2D eigenvalue weighted by molar-refractivity contribution is 5.92. The topological polar surface area (TPSA) is 33.2 Å². The molecule has 80 valence electrons. The molecular weight excluding hydrogens is 188 g/mol. The number of carbonyl (C=O) groups is 1. The first-order valence-electron chi connectivity index (χ1n) is 5.47. The molecule has 0 N–H and O–H groups in total. The van der Waals surface area contributed by atoms with Gasteiger partial charge in [0.2, 0.25) is 0 Å². The van der Waals surface area contributed by atoms with E-state index in [4.69, 9.17) is 0 Å². The first-order chi connectivity index (χ1) is 7.27. The van der Waals surface area contributed by atoms with Gasteiger partial charge in [-0.1, -0.05) is 13.0 Å². The highest BCUT2D eigenvalue weighted by Crippen LogP contribution is 2.16. The molecule has 0 radical (unpaired) electrons. The van der Waals surface area contributed by atoms with Crippen LogP contribution in [0.15, 0.2) is 24.4 Å². The van der Waals surface area contributed by atoms with Crippen molar-refractivity contribution in [2.24, 2.45) is 5.92 Å². The molecule has 0 aliphatic carbocycles. The van der Waals surface area contributed by atoms with E-state index in [1.807, 2.05) is 17.0 Å². The van der Waals surface area contributed by atoms with Gasteiger partial charge in [-0.05, 0) is 30.9 Å². The van der Waals surface area contributed by atoms with Crippen LogP contribution in [0.3, 0.4) is 0 Å². The van der Waals surface area contributed by atoms with Crippen molar-refractivity contribution in [2.75, 3.05) is 13.1 Å². The van der Waals surface area contributed by atoms with Crippen LogP contribution in [0.25, 0.3) is 0 Å². The van der Waals surface area contributed by atoms with E-state index >= 15 is 0 Å². The van der Waals surface area contributed by atoms with Crippen molar-refractivity contribution in [3.63, 3.8) is 0 Å². The normalized spacial score (nSPS) is 21.4. The van der Waals surface area contributed by atoms with E-state index in [0.29, 0.717) is 11.6 Å². The smallest absolute Gasteiger partial charge is 0.272 e. The van der Waals surface area contributed by atoms with Crippen LogP contribution in [0.4, 0.5) is 0 Å². The van der Waals surface area contributed by atoms with Gasteiger partial charge in [-0.25, -0.2) is 0 Å². The maximum atomic E-state index is 12.0. The number of aromatic nitrogens is 1. The molecule has 15 heavy (non-hydrogen) atoms. The van der Waals surface area contributed by atoms with Crippen LogP contribution in [0.1, 0.15) is 30.3 Å². The summed E-state index contributed by atoms with van der Waals surface area (Å²) in [6, 6.07) is 5.46. The van der Waals surface area contributed by atoms with E-state index in [1.165, 1.54) is 6.42 Å². The molecule has 0 spiro atoms. The van der Waals surface area contributed by atoms with Crippen LogP contribution in [0.5, 0.6) is 0 Å². The molecule has 1 fully saturated rings. The Hall–Kier alpha value is -1.38. The summed E-state index contributed by atoms with van der Waals surface area (Å²) in [5, 5.41) is 0. The van der Waals surface area contributed by atoms with Crippen molar-refractivity contribution in [3.05, 3.63) is 30.1 Å². The summed E-state index contributed by atoms with van der Waals surface area (Å²) >= 11 is 0. The van der Waals surface area contributed by atoms with Crippen LogP contribution >= 0.6 is 0 Å². The van der Waals surface area contributed by atoms with Crippen molar-refractivity contribution in [1.82, 2.24) is 9.88 Å². The van der Waals surface area contributed by atoms with Gasteiger partial charge in [0.25, 0.3) is 5.91 Å². The summed E-state index contributed by atoms with van der Waals surface area (Å²) < 4.78 is 0. The number of nitrogens with zero attached hydrogens (tertiary/aromatic N) is 2. The fraction of sp³-hybridized carbons (Fsp3) is 0.500. The molecular formula is C12H16N2O. The quantitative estimate of drug-likeness (QED) is 0.700. The molecule has 0 bridgehead atoms. The Morgan fingerprint density at radius 3 is 3.07 bits per heavy atom. The van der Waals surface area contributed by atoms with E-state index in [9.17, 15) is 4.79 Å². The Morgan fingerprint density at radius 2 is 2.40 bits per heavy atom. The number of pyridine rings is 1. The average Bonchev–Trinajstić information content (AvgIpc) is 2.29. The van der Waals surface area contributed by atoms with E-state index in [-0.39, 0.29) is 5.91 Å². The van der Waals surface area contributed by atoms with Crippen LogP contribution in [-0.4, -0.2) is 28.9 Å². The molecule has 1 aliphatic rings. The van der Waals surface area contributed by atoms with Crippen molar-refractivity contribution in [1.29, 1.82) is 0 Å². The van der Waals surface area contributed by atoms with Crippen molar-refractivity contribution in [3.8, 4) is 0 Å². The Bertz CT molecular complexity index is 337. The predicted molar refractivity (Wildman–Crippen MR) is 58.5 cm³/mol. The molecule has 2 rings (SSSR count). The van der Waals surface area contributed by atoms with Crippen LogP contribution in [0.2, 0.25) is 0 Å². The summed E-state index contributed by atoms with van der Waals surface area (Å²) in [6.45, 7) is 3.94. The first-order valence-corrected chi connectivity index (χ1v) is 5.47. The summed E-state index contributed by atoms with van der Waals surface area (Å²) in [5.74, 6) is 0.688. The number of amides is 1. The predicted octanol–water partition coefficient (Wildman–Crippen LogP) is 1.95. The van der Waals surface area contributed by atoms with E-state index in [1.54, 1.807) is 12.3 Å². The van der Waals surface area contributed by atoms with E-state index in [0.717, 1.165) is 19.5 Å². The lowest BCUT2D eigenvalue weighted by molar-refractivity contribution is 0.0677. The zero-order valence-electron chi connectivity index (χ0n) is 9.02. The molecule has 1 aliphatic heterocycles. The lowest BCUT2D eigenvalue weighted by Gasteiger charge is -2.30. The first kappa shape index (κ1) is 10.1. The standard InChI is InChI=1S/C12H16N2O/c1-10-5-4-8-14(9-10)12(15)11-6-2-3-7-13-11/h2-3,6-7,10H,4-5,8-9H2,1H3. The zero-order chi connectivity index (χ0) is 10.7. The lowest BCUT2D eigenvalue weighted by Crippen LogP contribution is -2.39. The van der Waals surface area contributed by atoms with Gasteiger partial charge in [0.05, 0.1) is 0 Å². The van der Waals surface area contributed by atoms with Crippen molar-refractivity contribution >= 4 is 5.91 Å². The van der Waals surface area contributed by atoms with Gasteiger partial charge in [-0.3, -0.25) is 9.78 Å². The Balaban J connectivity index is 2.08. The fourth-order valence-electron chi connectivity index (χ4n) is 2.03. The maximum absolute atomic E-state index is 12.0. The molecule has 0 aromatic carbocycles. The van der Waals surface area contributed by atoms with Crippen LogP contribution in [-0.2, 0) is 0 Å². The molecule has 1 atom stereocenters. The van der Waals surface area contributed by atoms with Gasteiger partial charge in [-0.2, -0.15) is 0 Å². The molecule has 2 heterocycles. The van der Waals surface area contributed by atoms with Crippen LogP contribution < -0.4 is 0 Å². The molecule has 0 saturated carbocycles. The largest absolute Gasteiger partial charge is 0.337 e. The minimum absolute atomic E-state index is 0.0714. The molecule has 3 heteroatoms. The van der Waals surface area contributed by atoms with Gasteiger partial charge in [0.15, 0.2) is 0 Å². The third kappa shape index (κ3) is 2.35. The van der Waals surface area contributed by atoms with Crippen molar-refractivity contribution in [2.45, 2.75) is 19.8 Å². The Morgan fingerprint density at radius 1 is 1.53 bits per heavy atom. The second-order valence-corrected chi connectivity index (χ2v) is 4.21. The number of rotatable bonds is 1. The molecule has 1 unspecified atom stereocenters.